The van der Waals surface area contributed by atoms with E-state index in [-0.39, 0.29) is 43.3 Å². The molecular formula is C26H35N7O6. The van der Waals surface area contributed by atoms with Crippen molar-refractivity contribution < 1.29 is 29.4 Å². The van der Waals surface area contributed by atoms with Gasteiger partial charge in [-0.25, -0.2) is 0 Å². The van der Waals surface area contributed by atoms with Crippen molar-refractivity contribution in [3.8, 4) is 11.5 Å². The number of nitrogens with one attached hydrogen (secondary N) is 3. The molecule has 0 aliphatic carbocycles. The summed E-state index contributed by atoms with van der Waals surface area (Å²) >= 11 is 0. The molecule has 2 aromatic rings. The van der Waals surface area contributed by atoms with E-state index in [0.717, 1.165) is 0 Å². The fourth-order valence-corrected chi connectivity index (χ4v) is 3.73. The highest BCUT2D eigenvalue weighted by Gasteiger charge is 2.29. The maximum atomic E-state index is 13.2. The number of benzene rings is 2. The van der Waals surface area contributed by atoms with Gasteiger partial charge in [-0.2, -0.15) is 0 Å². The number of carbonyl (C=O) groups is 4. The molecule has 11 N–H and O–H groups in total. The predicted octanol–water partition coefficient (Wildman–Crippen LogP) is -1.10. The van der Waals surface area contributed by atoms with Crippen LogP contribution in [-0.4, -0.2) is 64.5 Å². The molecule has 13 heteroatoms. The molecule has 0 aliphatic heterocycles. The molecule has 2 rings (SSSR count). The number of hydrogen-bond donors (Lipinski definition) is 8. The standard InChI is InChI=1S/C26H35N7O6/c1-15(34)31-22(14-17-6-10-19(36)11-7-17)25(39)32-20(3-2-12-30-26(28)29)24(38)33-21(23(27)37)13-16-4-8-18(35)9-5-16/h4-11,20-22,35-36H,2-3,12-14H2,1H3,(H2,27,37)(H,31,34)(H,32,39)(H,33,38)(H4,28,29,30). The van der Waals surface area contributed by atoms with Gasteiger partial charge in [-0.1, -0.05) is 24.3 Å². The Balaban J connectivity index is 2.20. The molecule has 3 unspecified atom stereocenters. The van der Waals surface area contributed by atoms with Crippen LogP contribution in [0.2, 0.25) is 0 Å². The second-order valence-corrected chi connectivity index (χ2v) is 8.97. The van der Waals surface area contributed by atoms with Crippen molar-refractivity contribution >= 4 is 29.6 Å². The quantitative estimate of drug-likeness (QED) is 0.0827. The van der Waals surface area contributed by atoms with Gasteiger partial charge in [0.25, 0.3) is 0 Å². The number of nitrogens with two attached hydrogens (primary N) is 3. The van der Waals surface area contributed by atoms with Gasteiger partial charge in [-0.05, 0) is 48.2 Å². The van der Waals surface area contributed by atoms with Crippen molar-refractivity contribution in [1.29, 1.82) is 0 Å². The lowest BCUT2D eigenvalue weighted by molar-refractivity contribution is -0.133. The molecule has 0 saturated carbocycles. The summed E-state index contributed by atoms with van der Waals surface area (Å²) in [6.45, 7) is 1.45. The summed E-state index contributed by atoms with van der Waals surface area (Å²) in [4.78, 5) is 54.2. The van der Waals surface area contributed by atoms with Crippen LogP contribution in [0.25, 0.3) is 0 Å². The summed E-state index contributed by atoms with van der Waals surface area (Å²) in [5.74, 6) is -2.56. The fraction of sp³-hybridized carbons (Fsp3) is 0.346. The monoisotopic (exact) mass is 541 g/mol. The fourth-order valence-electron chi connectivity index (χ4n) is 3.73. The highest BCUT2D eigenvalue weighted by molar-refractivity contribution is 5.94. The minimum Gasteiger partial charge on any atom is -0.508 e. The Bertz CT molecular complexity index is 1160. The van der Waals surface area contributed by atoms with Gasteiger partial charge in [0.15, 0.2) is 5.96 Å². The van der Waals surface area contributed by atoms with Crippen molar-refractivity contribution in [2.24, 2.45) is 22.2 Å². The molecule has 0 aromatic heterocycles. The number of phenols is 2. The summed E-state index contributed by atoms with van der Waals surface area (Å²) in [6.07, 6.45) is 0.591. The van der Waals surface area contributed by atoms with Crippen molar-refractivity contribution in [2.45, 2.75) is 50.7 Å². The molecule has 13 nitrogen and oxygen atoms in total. The lowest BCUT2D eigenvalue weighted by Gasteiger charge is -2.25. The summed E-state index contributed by atoms with van der Waals surface area (Å²) in [7, 11) is 0. The zero-order valence-electron chi connectivity index (χ0n) is 21.6. The Morgan fingerprint density at radius 3 is 1.67 bits per heavy atom. The second-order valence-electron chi connectivity index (χ2n) is 8.97. The zero-order valence-corrected chi connectivity index (χ0v) is 21.6. The van der Waals surface area contributed by atoms with E-state index >= 15 is 0 Å². The molecule has 3 atom stereocenters. The van der Waals surface area contributed by atoms with Crippen molar-refractivity contribution in [2.75, 3.05) is 6.54 Å². The zero-order chi connectivity index (χ0) is 28.9. The molecule has 0 fully saturated rings. The molecular weight excluding hydrogens is 506 g/mol. The first kappa shape index (κ1) is 30.4. The molecule has 2 aromatic carbocycles. The Morgan fingerprint density at radius 2 is 1.21 bits per heavy atom. The number of aromatic hydroxyl groups is 2. The normalized spacial score (nSPS) is 12.8. The van der Waals surface area contributed by atoms with Crippen LogP contribution in [0.15, 0.2) is 53.5 Å². The summed E-state index contributed by atoms with van der Waals surface area (Å²) in [5.41, 5.74) is 17.5. The largest absolute Gasteiger partial charge is 0.508 e. The van der Waals surface area contributed by atoms with Gasteiger partial charge in [0.05, 0.1) is 0 Å². The van der Waals surface area contributed by atoms with Crippen LogP contribution in [0.5, 0.6) is 11.5 Å². The van der Waals surface area contributed by atoms with Crippen LogP contribution >= 0.6 is 0 Å². The molecule has 0 bridgehead atoms. The van der Waals surface area contributed by atoms with E-state index in [9.17, 15) is 29.4 Å². The molecule has 0 saturated heterocycles. The minimum atomic E-state index is -1.11. The van der Waals surface area contributed by atoms with Crippen LogP contribution in [0.4, 0.5) is 0 Å². The third kappa shape index (κ3) is 11.0. The third-order valence-electron chi connectivity index (χ3n) is 5.68. The minimum absolute atomic E-state index is 0.0444. The van der Waals surface area contributed by atoms with E-state index in [0.29, 0.717) is 17.5 Å². The molecule has 0 heterocycles. The van der Waals surface area contributed by atoms with E-state index in [4.69, 9.17) is 17.2 Å². The predicted molar refractivity (Wildman–Crippen MR) is 144 cm³/mol. The van der Waals surface area contributed by atoms with E-state index in [2.05, 4.69) is 20.9 Å². The molecule has 210 valence electrons. The van der Waals surface area contributed by atoms with Crippen LogP contribution in [-0.2, 0) is 32.0 Å². The summed E-state index contributed by atoms with van der Waals surface area (Å²) in [5, 5.41) is 26.8. The van der Waals surface area contributed by atoms with Crippen LogP contribution in [0.3, 0.4) is 0 Å². The van der Waals surface area contributed by atoms with Gasteiger partial charge in [0, 0.05) is 26.3 Å². The highest BCUT2D eigenvalue weighted by atomic mass is 16.3. The lowest BCUT2D eigenvalue weighted by Crippen LogP contribution is -2.57. The molecule has 0 spiro atoms. The SMILES string of the molecule is CC(=O)NC(Cc1ccc(O)cc1)C(=O)NC(CCCN=C(N)N)C(=O)NC(Cc1ccc(O)cc1)C(N)=O. The number of phenolic OH excluding ortho intramolecular Hbond substituents is 2. The van der Waals surface area contributed by atoms with E-state index in [1.165, 1.54) is 31.2 Å². The van der Waals surface area contributed by atoms with E-state index in [1.54, 1.807) is 24.3 Å². The first-order chi connectivity index (χ1) is 18.4. The molecule has 0 radical (unpaired) electrons. The number of aliphatic imine (C=N–C) groups is 1. The van der Waals surface area contributed by atoms with Crippen LogP contribution in [0, 0.1) is 0 Å². The topological polar surface area (TPSA) is 235 Å². The lowest BCUT2D eigenvalue weighted by atomic mass is 10.0. The summed E-state index contributed by atoms with van der Waals surface area (Å²) in [6, 6.07) is 8.97. The van der Waals surface area contributed by atoms with Crippen molar-refractivity contribution in [1.82, 2.24) is 16.0 Å². The number of carbonyl (C=O) groups excluding carboxylic acids is 4. The number of guanidine groups is 1. The Kier molecular flexibility index (Phi) is 11.5. The maximum absolute atomic E-state index is 13.2. The Labute approximate surface area is 225 Å². The molecule has 39 heavy (non-hydrogen) atoms. The van der Waals surface area contributed by atoms with Gasteiger partial charge < -0.3 is 43.4 Å². The maximum Gasteiger partial charge on any atom is 0.243 e. The van der Waals surface area contributed by atoms with Crippen molar-refractivity contribution in [3.05, 3.63) is 59.7 Å². The van der Waals surface area contributed by atoms with E-state index < -0.39 is 41.8 Å². The third-order valence-corrected chi connectivity index (χ3v) is 5.68. The first-order valence-corrected chi connectivity index (χ1v) is 12.2. The highest BCUT2D eigenvalue weighted by Crippen LogP contribution is 2.13. The van der Waals surface area contributed by atoms with Gasteiger partial charge >= 0.3 is 0 Å². The number of nitrogens with zero attached hydrogens (tertiary/aromatic N) is 1. The average molecular weight is 542 g/mol. The first-order valence-electron chi connectivity index (χ1n) is 12.2. The van der Waals surface area contributed by atoms with Gasteiger partial charge in [0.1, 0.15) is 29.6 Å². The smallest absolute Gasteiger partial charge is 0.243 e. The Morgan fingerprint density at radius 1 is 0.744 bits per heavy atom. The number of rotatable bonds is 14. The number of hydrogen-bond acceptors (Lipinski definition) is 7. The number of amides is 4. The van der Waals surface area contributed by atoms with Gasteiger partial charge in [0.2, 0.25) is 23.6 Å². The summed E-state index contributed by atoms with van der Waals surface area (Å²) < 4.78 is 0. The van der Waals surface area contributed by atoms with Crippen LogP contribution < -0.4 is 33.2 Å². The van der Waals surface area contributed by atoms with Crippen LogP contribution in [0.1, 0.15) is 30.9 Å². The van der Waals surface area contributed by atoms with Gasteiger partial charge in [-0.3, -0.25) is 24.2 Å². The Hall–Kier alpha value is -4.81. The van der Waals surface area contributed by atoms with Gasteiger partial charge in [-0.15, -0.1) is 0 Å². The van der Waals surface area contributed by atoms with Crippen molar-refractivity contribution in [3.63, 3.8) is 0 Å². The van der Waals surface area contributed by atoms with E-state index in [1.807, 2.05) is 0 Å². The number of primary amides is 1. The molecule has 0 aliphatic rings. The molecule has 4 amide bonds. The second kappa shape index (κ2) is 14.8. The average Bonchev–Trinajstić information content (AvgIpc) is 2.86.